The van der Waals surface area contributed by atoms with Crippen LogP contribution in [0.15, 0.2) is 50.3 Å². The first-order valence-electron chi connectivity index (χ1n) is 7.37. The molecule has 0 spiro atoms. The third-order valence-corrected chi connectivity index (χ3v) is 5.72. The van der Waals surface area contributed by atoms with Crippen LogP contribution in [0.5, 0.6) is 0 Å². The predicted octanol–water partition coefficient (Wildman–Crippen LogP) is 7.06. The smallest absolute Gasteiger partial charge is 0.147 e. The number of hydrogen-bond donors (Lipinski definition) is 0. The van der Waals surface area contributed by atoms with Crippen LogP contribution in [0.25, 0.3) is 0 Å². The Labute approximate surface area is 178 Å². The summed E-state index contributed by atoms with van der Waals surface area (Å²) in [5.74, 6) is 0. The molecule has 2 heterocycles. The lowest BCUT2D eigenvalue weighted by Gasteiger charge is -2.15. The van der Waals surface area contributed by atoms with Crippen LogP contribution in [-0.4, -0.2) is 25.4 Å². The number of pyridine rings is 2. The molecule has 0 amide bonds. The fourth-order valence-electron chi connectivity index (χ4n) is 1.18. The molecule has 0 saturated carbocycles. The number of aromatic nitrogens is 2. The summed E-state index contributed by atoms with van der Waals surface area (Å²) in [6, 6.07) is 7.97. The fourth-order valence-corrected chi connectivity index (χ4v) is 2.92. The van der Waals surface area contributed by atoms with E-state index in [2.05, 4.69) is 103 Å². The third kappa shape index (κ3) is 14.8. The molecule has 0 aromatic carbocycles. The number of rotatable bonds is 1. The predicted molar refractivity (Wildman–Crippen MR) is 124 cm³/mol. The maximum atomic E-state index is 5.67. The highest BCUT2D eigenvalue weighted by molar-refractivity contribution is 9.11. The van der Waals surface area contributed by atoms with Gasteiger partial charge in [0, 0.05) is 16.9 Å². The molecule has 0 aliphatic rings. The molecule has 24 heavy (non-hydrogen) atoms. The van der Waals surface area contributed by atoms with Crippen LogP contribution in [0, 0.1) is 0 Å². The summed E-state index contributed by atoms with van der Waals surface area (Å²) in [5.41, 5.74) is 0. The van der Waals surface area contributed by atoms with Crippen molar-refractivity contribution in [2.75, 3.05) is 0 Å². The molecular weight excluding hydrogens is 552 g/mol. The summed E-state index contributed by atoms with van der Waals surface area (Å²) in [6.45, 7) is 13.2. The third-order valence-electron chi connectivity index (χ3n) is 2.28. The molecule has 0 fully saturated rings. The largest absolute Gasteiger partial charge is 0.249 e. The second kappa shape index (κ2) is 11.2. The van der Waals surface area contributed by atoms with Crippen molar-refractivity contribution in [2.45, 2.75) is 39.3 Å². The van der Waals surface area contributed by atoms with Gasteiger partial charge in [-0.3, -0.25) is 0 Å². The van der Waals surface area contributed by atoms with Gasteiger partial charge in [0.2, 0.25) is 0 Å². The summed E-state index contributed by atoms with van der Waals surface area (Å²) < 4.78 is 2.78. The molecule has 2 nitrogen and oxygen atoms in total. The normalized spacial score (nSPS) is 10.9. The molecule has 0 atom stereocenters. The number of nitrogens with zero attached hydrogens (tertiary/aromatic N) is 2. The lowest BCUT2D eigenvalue weighted by atomic mass is 10.5. The molecular formula is C16H24Br3ClN2Si2. The minimum atomic E-state index is -1.14. The maximum Gasteiger partial charge on any atom is 0.147 e. The average molecular weight is 576 g/mol. The molecule has 2 aromatic heterocycles. The van der Waals surface area contributed by atoms with E-state index in [1.54, 1.807) is 6.20 Å². The first kappa shape index (κ1) is 24.5. The van der Waals surface area contributed by atoms with Gasteiger partial charge in [0.1, 0.15) is 16.6 Å². The van der Waals surface area contributed by atoms with E-state index in [0.29, 0.717) is 0 Å². The highest BCUT2D eigenvalue weighted by atomic mass is 79.9. The van der Waals surface area contributed by atoms with Crippen LogP contribution < -0.4 is 5.19 Å². The van der Waals surface area contributed by atoms with Gasteiger partial charge in [-0.15, -0.1) is 0 Å². The summed E-state index contributed by atoms with van der Waals surface area (Å²) in [4.78, 5) is 8.15. The summed E-state index contributed by atoms with van der Waals surface area (Å²) >= 11 is 15.5. The molecule has 0 N–H and O–H groups in total. The Morgan fingerprint density at radius 3 is 1.42 bits per heavy atom. The molecule has 2 aromatic rings. The zero-order valence-corrected chi connectivity index (χ0v) is 22.4. The second-order valence-electron chi connectivity index (χ2n) is 6.99. The van der Waals surface area contributed by atoms with Gasteiger partial charge in [-0.25, -0.2) is 9.97 Å². The van der Waals surface area contributed by atoms with Crippen LogP contribution in [-0.2, 0) is 0 Å². The fraction of sp³-hybridized carbons (Fsp3) is 0.375. The van der Waals surface area contributed by atoms with Gasteiger partial charge in [0.25, 0.3) is 0 Å². The Bertz CT molecular complexity index is 568. The van der Waals surface area contributed by atoms with Crippen LogP contribution in [0.3, 0.4) is 0 Å². The van der Waals surface area contributed by atoms with Gasteiger partial charge >= 0.3 is 0 Å². The first-order valence-corrected chi connectivity index (χ1v) is 17.8. The van der Waals surface area contributed by atoms with Gasteiger partial charge in [0.15, 0.2) is 0 Å². The topological polar surface area (TPSA) is 25.8 Å². The standard InChI is InChI=1S/C8H12BrNSi.C5H3Br2N.C3H9ClSi/c1-11(2,3)7-4-5-8(9)10-6-7;6-4-1-2-5(7)8-3-4;1-5(2,3)4/h4-6H,1-3H3;1-3H;1-3H3. The van der Waals surface area contributed by atoms with Crippen molar-refractivity contribution in [1.82, 2.24) is 9.97 Å². The molecule has 0 bridgehead atoms. The van der Waals surface area contributed by atoms with E-state index in [1.807, 2.05) is 24.4 Å². The van der Waals surface area contributed by atoms with Crippen molar-refractivity contribution in [1.29, 1.82) is 0 Å². The van der Waals surface area contributed by atoms with Crippen molar-refractivity contribution in [3.8, 4) is 0 Å². The van der Waals surface area contributed by atoms with Crippen molar-refractivity contribution < 1.29 is 0 Å². The monoisotopic (exact) mass is 572 g/mol. The van der Waals surface area contributed by atoms with Crippen LogP contribution >= 0.6 is 58.9 Å². The average Bonchev–Trinajstić information content (AvgIpc) is 2.40. The quantitative estimate of drug-likeness (QED) is 0.207. The van der Waals surface area contributed by atoms with Gasteiger partial charge in [-0.1, -0.05) is 45.3 Å². The van der Waals surface area contributed by atoms with Gasteiger partial charge in [0.05, 0.1) is 8.07 Å². The molecule has 0 unspecified atom stereocenters. The highest BCUT2D eigenvalue weighted by Gasteiger charge is 2.15. The molecule has 134 valence electrons. The molecule has 8 heteroatoms. The molecule has 0 radical (unpaired) electrons. The van der Waals surface area contributed by atoms with Crippen LogP contribution in [0.1, 0.15) is 0 Å². The second-order valence-corrected chi connectivity index (χ2v) is 22.1. The van der Waals surface area contributed by atoms with Gasteiger partial charge in [-0.2, -0.15) is 11.1 Å². The van der Waals surface area contributed by atoms with E-state index >= 15 is 0 Å². The minimum Gasteiger partial charge on any atom is -0.249 e. The van der Waals surface area contributed by atoms with Crippen molar-refractivity contribution in [3.63, 3.8) is 0 Å². The van der Waals surface area contributed by atoms with E-state index in [-0.39, 0.29) is 0 Å². The minimum absolute atomic E-state index is 0.862. The summed E-state index contributed by atoms with van der Waals surface area (Å²) in [5, 5.41) is 1.40. The van der Waals surface area contributed by atoms with Crippen molar-refractivity contribution >= 4 is 79.5 Å². The highest BCUT2D eigenvalue weighted by Crippen LogP contribution is 2.10. The van der Waals surface area contributed by atoms with Crippen LogP contribution in [0.2, 0.25) is 39.3 Å². The first-order chi connectivity index (χ1) is 10.8. The Hall–Kier alpha value is 0.464. The van der Waals surface area contributed by atoms with E-state index < -0.39 is 15.5 Å². The Morgan fingerprint density at radius 2 is 1.17 bits per heavy atom. The maximum absolute atomic E-state index is 5.67. The Balaban J connectivity index is 0.000000358. The SMILES string of the molecule is Brc1ccc(Br)nc1.C[Si](C)(C)Cl.C[Si](C)(C)c1ccc(Br)nc1. The van der Waals surface area contributed by atoms with E-state index in [4.69, 9.17) is 11.1 Å². The van der Waals surface area contributed by atoms with Crippen molar-refractivity contribution in [2.24, 2.45) is 0 Å². The van der Waals surface area contributed by atoms with E-state index in [0.717, 1.165) is 13.7 Å². The zero-order chi connectivity index (χ0) is 19.0. The Morgan fingerprint density at radius 1 is 0.750 bits per heavy atom. The molecule has 0 aliphatic heterocycles. The number of halogens is 4. The van der Waals surface area contributed by atoms with Gasteiger partial charge in [-0.05, 0) is 71.2 Å². The molecule has 0 saturated heterocycles. The molecule has 2 rings (SSSR count). The zero-order valence-electron chi connectivity index (χ0n) is 14.9. The summed E-state index contributed by atoms with van der Waals surface area (Å²) in [7, 11) is -2.28. The van der Waals surface area contributed by atoms with E-state index in [1.165, 1.54) is 5.19 Å². The Kier molecular flexibility index (Phi) is 11.5. The number of hydrogen-bond acceptors (Lipinski definition) is 2. The van der Waals surface area contributed by atoms with Crippen molar-refractivity contribution in [3.05, 3.63) is 50.3 Å². The lowest BCUT2D eigenvalue weighted by molar-refractivity contribution is 1.26. The molecule has 0 aliphatic carbocycles. The summed E-state index contributed by atoms with van der Waals surface area (Å²) in [6.07, 6.45) is 3.71. The van der Waals surface area contributed by atoms with E-state index in [9.17, 15) is 0 Å². The lowest BCUT2D eigenvalue weighted by Crippen LogP contribution is -2.37. The van der Waals surface area contributed by atoms with Crippen LogP contribution in [0.4, 0.5) is 0 Å². The van der Waals surface area contributed by atoms with Gasteiger partial charge < -0.3 is 0 Å².